The number of nitrogens with one attached hydrogen (secondary N) is 1. The minimum absolute atomic E-state index is 0.0208. The van der Waals surface area contributed by atoms with Gasteiger partial charge in [-0.1, -0.05) is 18.2 Å². The third kappa shape index (κ3) is 5.81. The van der Waals surface area contributed by atoms with E-state index in [0.29, 0.717) is 18.0 Å². The van der Waals surface area contributed by atoms with Crippen LogP contribution in [0.3, 0.4) is 0 Å². The lowest BCUT2D eigenvalue weighted by atomic mass is 10.1. The molecule has 6 heteroatoms. The molecular formula is C20H24N2O4. The lowest BCUT2D eigenvalue weighted by Gasteiger charge is -2.17. The number of hydrogen-bond donors (Lipinski definition) is 1. The number of carbonyl (C=O) groups is 2. The van der Waals surface area contributed by atoms with E-state index in [1.54, 1.807) is 38.4 Å². The summed E-state index contributed by atoms with van der Waals surface area (Å²) in [6.07, 6.45) is 0.231. The second-order valence-electron chi connectivity index (χ2n) is 5.78. The average Bonchev–Trinajstić information content (AvgIpc) is 2.63. The molecule has 0 bridgehead atoms. The fraction of sp³-hybridized carbons (Fsp3) is 0.300. The summed E-state index contributed by atoms with van der Waals surface area (Å²) in [6.45, 7) is 2.50. The summed E-state index contributed by atoms with van der Waals surface area (Å²) in [4.78, 5) is 25.8. The molecule has 1 N–H and O–H groups in total. The van der Waals surface area contributed by atoms with Crippen molar-refractivity contribution in [3.8, 4) is 11.5 Å². The van der Waals surface area contributed by atoms with E-state index < -0.39 is 0 Å². The minimum atomic E-state index is -0.263. The van der Waals surface area contributed by atoms with E-state index in [2.05, 4.69) is 5.32 Å². The topological polar surface area (TPSA) is 67.9 Å². The molecule has 2 aromatic carbocycles. The second kappa shape index (κ2) is 9.46. The van der Waals surface area contributed by atoms with Crippen LogP contribution in [0.2, 0.25) is 0 Å². The summed E-state index contributed by atoms with van der Waals surface area (Å²) in [5.74, 6) is 1.04. The highest BCUT2D eigenvalue weighted by Crippen LogP contribution is 2.16. The lowest BCUT2D eigenvalue weighted by molar-refractivity contribution is -0.132. The first-order valence-electron chi connectivity index (χ1n) is 8.41. The fourth-order valence-electron chi connectivity index (χ4n) is 2.38. The minimum Gasteiger partial charge on any atom is -0.497 e. The van der Waals surface area contributed by atoms with Gasteiger partial charge in [0.25, 0.3) is 0 Å². The Morgan fingerprint density at radius 1 is 1.08 bits per heavy atom. The zero-order valence-electron chi connectivity index (χ0n) is 15.3. The van der Waals surface area contributed by atoms with Crippen molar-refractivity contribution < 1.29 is 19.1 Å². The SMILES string of the molecule is CCOc1ccc(CC(=O)N(C)CC(=O)Nc2cccc(OC)c2)cc1. The van der Waals surface area contributed by atoms with E-state index in [0.717, 1.165) is 11.3 Å². The Labute approximate surface area is 153 Å². The van der Waals surface area contributed by atoms with Crippen molar-refractivity contribution in [2.45, 2.75) is 13.3 Å². The second-order valence-corrected chi connectivity index (χ2v) is 5.78. The highest BCUT2D eigenvalue weighted by Gasteiger charge is 2.14. The lowest BCUT2D eigenvalue weighted by Crippen LogP contribution is -2.35. The first kappa shape index (κ1) is 19.3. The van der Waals surface area contributed by atoms with Gasteiger partial charge in [-0.05, 0) is 36.8 Å². The van der Waals surface area contributed by atoms with Crippen LogP contribution in [0.25, 0.3) is 0 Å². The van der Waals surface area contributed by atoms with Crippen molar-refractivity contribution in [2.75, 3.05) is 32.6 Å². The molecule has 0 fully saturated rings. The third-order valence-corrected chi connectivity index (χ3v) is 3.75. The van der Waals surface area contributed by atoms with Crippen molar-refractivity contribution in [3.05, 3.63) is 54.1 Å². The van der Waals surface area contributed by atoms with Crippen molar-refractivity contribution in [1.29, 1.82) is 0 Å². The average molecular weight is 356 g/mol. The van der Waals surface area contributed by atoms with Crippen LogP contribution >= 0.6 is 0 Å². The molecule has 2 rings (SSSR count). The molecular weight excluding hydrogens is 332 g/mol. The van der Waals surface area contributed by atoms with Gasteiger partial charge in [0.2, 0.25) is 11.8 Å². The molecule has 2 aromatic rings. The van der Waals surface area contributed by atoms with Gasteiger partial charge in [0.1, 0.15) is 11.5 Å². The van der Waals surface area contributed by atoms with Gasteiger partial charge in [-0.15, -0.1) is 0 Å². The van der Waals surface area contributed by atoms with Gasteiger partial charge >= 0.3 is 0 Å². The molecule has 0 heterocycles. The first-order valence-corrected chi connectivity index (χ1v) is 8.41. The van der Waals surface area contributed by atoms with Gasteiger partial charge in [-0.25, -0.2) is 0 Å². The highest BCUT2D eigenvalue weighted by atomic mass is 16.5. The molecule has 2 amide bonds. The highest BCUT2D eigenvalue weighted by molar-refractivity contribution is 5.94. The molecule has 26 heavy (non-hydrogen) atoms. The maximum atomic E-state index is 12.3. The fourth-order valence-corrected chi connectivity index (χ4v) is 2.38. The van der Waals surface area contributed by atoms with E-state index >= 15 is 0 Å². The van der Waals surface area contributed by atoms with Gasteiger partial charge in [0.15, 0.2) is 0 Å². The number of benzene rings is 2. The van der Waals surface area contributed by atoms with Crippen molar-refractivity contribution in [2.24, 2.45) is 0 Å². The van der Waals surface area contributed by atoms with Gasteiger partial charge in [0.05, 0.1) is 26.7 Å². The Bertz CT molecular complexity index is 744. The van der Waals surface area contributed by atoms with Crippen molar-refractivity contribution in [3.63, 3.8) is 0 Å². The molecule has 0 spiro atoms. The summed E-state index contributed by atoms with van der Waals surface area (Å²) in [7, 11) is 3.18. The molecule has 0 saturated carbocycles. The normalized spacial score (nSPS) is 10.1. The zero-order valence-corrected chi connectivity index (χ0v) is 15.3. The molecule has 0 aliphatic carbocycles. The van der Waals surface area contributed by atoms with E-state index in [1.807, 2.05) is 31.2 Å². The predicted octanol–water partition coefficient (Wildman–Crippen LogP) is 2.73. The summed E-state index contributed by atoms with van der Waals surface area (Å²) < 4.78 is 10.5. The number of amides is 2. The zero-order chi connectivity index (χ0) is 18.9. The van der Waals surface area contributed by atoms with Gasteiger partial charge < -0.3 is 19.7 Å². The standard InChI is InChI=1S/C20H24N2O4/c1-4-26-17-10-8-15(9-11-17)12-20(24)22(2)14-19(23)21-16-6-5-7-18(13-16)25-3/h5-11,13H,4,12,14H2,1-3H3,(H,21,23). The number of likely N-dealkylation sites (N-methyl/N-ethyl adjacent to an activating group) is 1. The van der Waals surface area contributed by atoms with Gasteiger partial charge in [-0.2, -0.15) is 0 Å². The van der Waals surface area contributed by atoms with Crippen LogP contribution in [-0.2, 0) is 16.0 Å². The largest absolute Gasteiger partial charge is 0.497 e. The molecule has 0 aliphatic rings. The Balaban J connectivity index is 1.86. The number of rotatable bonds is 8. The van der Waals surface area contributed by atoms with E-state index in [1.165, 1.54) is 4.90 Å². The Morgan fingerprint density at radius 2 is 1.81 bits per heavy atom. The third-order valence-electron chi connectivity index (χ3n) is 3.75. The molecule has 138 valence electrons. The van der Waals surface area contributed by atoms with Crippen LogP contribution in [0, 0.1) is 0 Å². The number of ether oxygens (including phenoxy) is 2. The molecule has 0 aromatic heterocycles. The number of anilines is 1. The van der Waals surface area contributed by atoms with Crippen LogP contribution in [-0.4, -0.2) is 44.0 Å². The van der Waals surface area contributed by atoms with E-state index in [-0.39, 0.29) is 24.8 Å². The maximum Gasteiger partial charge on any atom is 0.243 e. The molecule has 0 unspecified atom stereocenters. The number of nitrogens with zero attached hydrogens (tertiary/aromatic N) is 1. The Hall–Kier alpha value is -3.02. The molecule has 0 saturated heterocycles. The van der Waals surface area contributed by atoms with Crippen molar-refractivity contribution >= 4 is 17.5 Å². The summed E-state index contributed by atoms with van der Waals surface area (Å²) in [5.41, 5.74) is 1.50. The van der Waals surface area contributed by atoms with E-state index in [4.69, 9.17) is 9.47 Å². The summed E-state index contributed by atoms with van der Waals surface area (Å²) in [5, 5.41) is 2.76. The predicted molar refractivity (Wildman–Crippen MR) is 101 cm³/mol. The van der Waals surface area contributed by atoms with Crippen LogP contribution in [0.5, 0.6) is 11.5 Å². The maximum absolute atomic E-state index is 12.3. The summed E-state index contributed by atoms with van der Waals surface area (Å²) >= 11 is 0. The van der Waals surface area contributed by atoms with Crippen molar-refractivity contribution in [1.82, 2.24) is 4.90 Å². The molecule has 0 aliphatic heterocycles. The van der Waals surface area contributed by atoms with Crippen LogP contribution in [0.4, 0.5) is 5.69 Å². The number of carbonyl (C=O) groups excluding carboxylic acids is 2. The van der Waals surface area contributed by atoms with E-state index in [9.17, 15) is 9.59 Å². The molecule has 0 atom stereocenters. The smallest absolute Gasteiger partial charge is 0.243 e. The quantitative estimate of drug-likeness (QED) is 0.790. The first-order chi connectivity index (χ1) is 12.5. The summed E-state index contributed by atoms with van der Waals surface area (Å²) in [6, 6.07) is 14.4. The number of methoxy groups -OCH3 is 1. The molecule has 0 radical (unpaired) electrons. The Morgan fingerprint density at radius 3 is 2.46 bits per heavy atom. The van der Waals surface area contributed by atoms with Gasteiger partial charge in [0, 0.05) is 18.8 Å². The Kier molecular flexibility index (Phi) is 7.02. The van der Waals surface area contributed by atoms with Crippen LogP contribution in [0.15, 0.2) is 48.5 Å². The van der Waals surface area contributed by atoms with Gasteiger partial charge in [-0.3, -0.25) is 9.59 Å². The van der Waals surface area contributed by atoms with Crippen LogP contribution < -0.4 is 14.8 Å². The van der Waals surface area contributed by atoms with Crippen LogP contribution in [0.1, 0.15) is 12.5 Å². The number of hydrogen-bond acceptors (Lipinski definition) is 4. The monoisotopic (exact) mass is 356 g/mol. The molecule has 6 nitrogen and oxygen atoms in total.